The van der Waals surface area contributed by atoms with Crippen LogP contribution in [0.25, 0.3) is 0 Å². The lowest BCUT2D eigenvalue weighted by Gasteiger charge is -1.98. The summed E-state index contributed by atoms with van der Waals surface area (Å²) in [6.45, 7) is 0. The lowest BCUT2D eigenvalue weighted by molar-refractivity contribution is -0.636. The first kappa shape index (κ1) is 10.1. The van der Waals surface area contributed by atoms with Crippen LogP contribution in [0.15, 0.2) is 52.3 Å². The van der Waals surface area contributed by atoms with Crippen LogP contribution in [0.4, 0.5) is 0 Å². The average Bonchev–Trinajstić information content (AvgIpc) is 2.71. The van der Waals surface area contributed by atoms with Gasteiger partial charge in [-0.05, 0) is 11.4 Å². The number of hydrogen-bond donors (Lipinski definition) is 1. The van der Waals surface area contributed by atoms with Gasteiger partial charge in [0.05, 0.1) is 0 Å². The Labute approximate surface area is 91.8 Å². The molecule has 0 bridgehead atoms. The Morgan fingerprint density at radius 3 is 2.47 bits per heavy atom. The summed E-state index contributed by atoms with van der Waals surface area (Å²) in [6, 6.07) is 8.58. The maximum Gasteiger partial charge on any atom is 0.316 e. The van der Waals surface area contributed by atoms with E-state index in [0.717, 1.165) is 0 Å². The van der Waals surface area contributed by atoms with Crippen LogP contribution >= 0.6 is 11.3 Å². The number of hydrogen-bond acceptors (Lipinski definition) is 3. The van der Waals surface area contributed by atoms with E-state index in [9.17, 15) is 8.42 Å². The standard InChI is InChI=1S/C9H9N2O2S2/c12-15(13,9-5-4-8-14-9)10-11-6-2-1-3-7-11/h1-8,10H/q+1. The summed E-state index contributed by atoms with van der Waals surface area (Å²) in [6.07, 6.45) is 3.26. The van der Waals surface area contributed by atoms with Crippen molar-refractivity contribution in [2.45, 2.75) is 4.21 Å². The van der Waals surface area contributed by atoms with Gasteiger partial charge in [0.1, 0.15) is 4.21 Å². The topological polar surface area (TPSA) is 50.1 Å². The second-order valence-electron chi connectivity index (χ2n) is 2.81. The molecule has 78 valence electrons. The number of aromatic nitrogens is 1. The van der Waals surface area contributed by atoms with E-state index in [1.165, 1.54) is 16.0 Å². The normalized spacial score (nSPS) is 11.2. The highest BCUT2D eigenvalue weighted by molar-refractivity contribution is 7.94. The van der Waals surface area contributed by atoms with Crippen LogP contribution in [0.3, 0.4) is 0 Å². The van der Waals surface area contributed by atoms with Gasteiger partial charge in [0, 0.05) is 12.1 Å². The Bertz CT molecular complexity index is 521. The Morgan fingerprint density at radius 1 is 1.13 bits per heavy atom. The average molecular weight is 241 g/mol. The van der Waals surface area contributed by atoms with Crippen LogP contribution in [-0.2, 0) is 10.0 Å². The van der Waals surface area contributed by atoms with Crippen molar-refractivity contribution in [2.24, 2.45) is 0 Å². The zero-order valence-corrected chi connectivity index (χ0v) is 9.33. The van der Waals surface area contributed by atoms with Crippen LogP contribution in [-0.4, -0.2) is 8.42 Å². The van der Waals surface area contributed by atoms with Crippen molar-refractivity contribution < 1.29 is 13.1 Å². The molecule has 0 aromatic carbocycles. The molecular weight excluding hydrogens is 232 g/mol. The smallest absolute Gasteiger partial charge is 0.196 e. The van der Waals surface area contributed by atoms with Gasteiger partial charge in [0.2, 0.25) is 12.4 Å². The van der Waals surface area contributed by atoms with Crippen molar-refractivity contribution in [2.75, 3.05) is 4.83 Å². The van der Waals surface area contributed by atoms with Gasteiger partial charge >= 0.3 is 10.0 Å². The maximum absolute atomic E-state index is 11.7. The first-order chi connectivity index (χ1) is 7.18. The first-order valence-electron chi connectivity index (χ1n) is 4.21. The predicted octanol–water partition coefficient (Wildman–Crippen LogP) is 0.968. The Balaban J connectivity index is 2.27. The SMILES string of the molecule is O=S(=O)(N[n+]1ccccc1)c1cccs1. The fourth-order valence-corrected chi connectivity index (χ4v) is 3.04. The van der Waals surface area contributed by atoms with E-state index >= 15 is 0 Å². The molecule has 0 saturated carbocycles. The number of pyridine rings is 1. The second-order valence-corrected chi connectivity index (χ2v) is 5.64. The predicted molar refractivity (Wildman–Crippen MR) is 57.5 cm³/mol. The summed E-state index contributed by atoms with van der Waals surface area (Å²) in [4.78, 5) is 2.42. The monoisotopic (exact) mass is 241 g/mol. The fourth-order valence-electron chi connectivity index (χ4n) is 1.06. The Morgan fingerprint density at radius 2 is 1.87 bits per heavy atom. The highest BCUT2D eigenvalue weighted by Crippen LogP contribution is 2.14. The highest BCUT2D eigenvalue weighted by atomic mass is 32.2. The van der Waals surface area contributed by atoms with Crippen molar-refractivity contribution in [1.29, 1.82) is 0 Å². The lowest BCUT2D eigenvalue weighted by atomic mass is 10.5. The van der Waals surface area contributed by atoms with E-state index in [1.54, 1.807) is 42.0 Å². The van der Waals surface area contributed by atoms with Gasteiger partial charge in [-0.15, -0.1) is 11.3 Å². The summed E-state index contributed by atoms with van der Waals surface area (Å²) in [5.41, 5.74) is 0. The molecule has 0 aliphatic carbocycles. The summed E-state index contributed by atoms with van der Waals surface area (Å²) in [5.74, 6) is 0. The first-order valence-corrected chi connectivity index (χ1v) is 6.57. The zero-order chi connectivity index (χ0) is 10.7. The molecule has 6 heteroatoms. The molecule has 2 aromatic heterocycles. The molecule has 2 rings (SSSR count). The van der Waals surface area contributed by atoms with Crippen LogP contribution in [0.2, 0.25) is 0 Å². The van der Waals surface area contributed by atoms with Crippen LogP contribution in [0.5, 0.6) is 0 Å². The van der Waals surface area contributed by atoms with Gasteiger partial charge < -0.3 is 0 Å². The van der Waals surface area contributed by atoms with E-state index in [2.05, 4.69) is 4.83 Å². The Kier molecular flexibility index (Phi) is 2.70. The lowest BCUT2D eigenvalue weighted by Crippen LogP contribution is -2.47. The summed E-state index contributed by atoms with van der Waals surface area (Å²) in [7, 11) is -3.44. The quantitative estimate of drug-likeness (QED) is 0.814. The van der Waals surface area contributed by atoms with E-state index in [-0.39, 0.29) is 0 Å². The van der Waals surface area contributed by atoms with Crippen LogP contribution < -0.4 is 9.51 Å². The van der Waals surface area contributed by atoms with Gasteiger partial charge in [0.25, 0.3) is 0 Å². The van der Waals surface area contributed by atoms with Crippen LogP contribution in [0, 0.1) is 0 Å². The zero-order valence-electron chi connectivity index (χ0n) is 7.70. The summed E-state index contributed by atoms with van der Waals surface area (Å²) >= 11 is 1.19. The van der Waals surface area contributed by atoms with Crippen molar-refractivity contribution in [3.8, 4) is 0 Å². The minimum absolute atomic E-state index is 0.304. The number of sulfonamides is 1. The number of thiophene rings is 1. The maximum atomic E-state index is 11.7. The Hall–Kier alpha value is -1.40. The van der Waals surface area contributed by atoms with Crippen molar-refractivity contribution in [3.63, 3.8) is 0 Å². The van der Waals surface area contributed by atoms with E-state index in [4.69, 9.17) is 0 Å². The highest BCUT2D eigenvalue weighted by Gasteiger charge is 2.18. The molecule has 4 nitrogen and oxygen atoms in total. The van der Waals surface area contributed by atoms with Gasteiger partial charge in [-0.3, -0.25) is 0 Å². The third-order valence-electron chi connectivity index (χ3n) is 1.70. The molecule has 0 fully saturated rings. The summed E-state index contributed by atoms with van der Waals surface area (Å²) < 4.78 is 25.2. The fraction of sp³-hybridized carbons (Fsp3) is 0. The molecule has 0 radical (unpaired) electrons. The molecule has 15 heavy (non-hydrogen) atoms. The third-order valence-corrected chi connectivity index (χ3v) is 4.43. The molecule has 0 saturated heterocycles. The van der Waals surface area contributed by atoms with Gasteiger partial charge in [0.15, 0.2) is 0 Å². The molecule has 2 heterocycles. The van der Waals surface area contributed by atoms with Crippen molar-refractivity contribution in [3.05, 3.63) is 48.1 Å². The largest absolute Gasteiger partial charge is 0.316 e. The molecule has 2 aromatic rings. The van der Waals surface area contributed by atoms with Crippen molar-refractivity contribution in [1.82, 2.24) is 0 Å². The van der Waals surface area contributed by atoms with E-state index < -0.39 is 10.0 Å². The molecule has 0 spiro atoms. The number of nitrogens with zero attached hydrogens (tertiary/aromatic N) is 1. The summed E-state index contributed by atoms with van der Waals surface area (Å²) in [5, 5.41) is 1.73. The molecule has 0 atom stereocenters. The third kappa shape index (κ3) is 2.34. The molecule has 0 unspecified atom stereocenters. The van der Waals surface area contributed by atoms with Gasteiger partial charge in [-0.1, -0.05) is 21.6 Å². The molecule has 1 N–H and O–H groups in total. The van der Waals surface area contributed by atoms with Crippen molar-refractivity contribution >= 4 is 21.4 Å². The molecular formula is C9H9N2O2S2+. The minimum atomic E-state index is -3.44. The number of nitrogens with one attached hydrogen (secondary N) is 1. The molecule has 0 amide bonds. The number of rotatable bonds is 3. The van der Waals surface area contributed by atoms with Gasteiger partial charge in [-0.25, -0.2) is 0 Å². The molecule has 0 aliphatic heterocycles. The molecule has 0 aliphatic rings. The van der Waals surface area contributed by atoms with Gasteiger partial charge in [-0.2, -0.15) is 8.42 Å². The van der Waals surface area contributed by atoms with E-state index in [0.29, 0.717) is 4.21 Å². The van der Waals surface area contributed by atoms with E-state index in [1.807, 2.05) is 6.07 Å². The second kappa shape index (κ2) is 4.00. The van der Waals surface area contributed by atoms with Crippen LogP contribution in [0.1, 0.15) is 0 Å². The minimum Gasteiger partial charge on any atom is -0.196 e.